The van der Waals surface area contributed by atoms with Gasteiger partial charge in [-0.3, -0.25) is 9.69 Å². The topological polar surface area (TPSA) is 50.8 Å². The molecule has 5 heteroatoms. The molecule has 0 saturated carbocycles. The predicted molar refractivity (Wildman–Crippen MR) is 106 cm³/mol. The second-order valence-corrected chi connectivity index (χ2v) is 6.48. The monoisotopic (exact) mass is 364 g/mol. The van der Waals surface area contributed by atoms with E-state index >= 15 is 0 Å². The lowest BCUT2D eigenvalue weighted by Gasteiger charge is -2.27. The zero-order chi connectivity index (χ0) is 19.2. The van der Waals surface area contributed by atoms with Gasteiger partial charge in [0.05, 0.1) is 33.0 Å². The summed E-state index contributed by atoms with van der Waals surface area (Å²) < 4.78 is 10.6. The number of hydrogen-bond donors (Lipinski definition) is 1. The first-order chi connectivity index (χ1) is 13.2. The number of ether oxygens (including phenoxy) is 2. The Hall–Kier alpha value is -2.97. The van der Waals surface area contributed by atoms with Crippen LogP contribution in [0, 0.1) is 12.3 Å². The van der Waals surface area contributed by atoms with Crippen molar-refractivity contribution in [3.05, 3.63) is 53.6 Å². The minimum absolute atomic E-state index is 0.138. The lowest BCUT2D eigenvalue weighted by atomic mass is 10.1. The fourth-order valence-electron chi connectivity index (χ4n) is 3.59. The zero-order valence-corrected chi connectivity index (χ0v) is 15.7. The highest BCUT2D eigenvalue weighted by Gasteiger charge is 2.28. The fourth-order valence-corrected chi connectivity index (χ4v) is 3.59. The molecule has 1 aliphatic rings. The van der Waals surface area contributed by atoms with Crippen LogP contribution >= 0.6 is 0 Å². The normalized spacial score (nSPS) is 15.1. The molecule has 1 atom stereocenters. The first-order valence-electron chi connectivity index (χ1n) is 8.93. The van der Waals surface area contributed by atoms with E-state index in [0.717, 1.165) is 12.8 Å². The van der Waals surface area contributed by atoms with Gasteiger partial charge in [0, 0.05) is 12.1 Å². The number of rotatable bonds is 7. The molecule has 0 unspecified atom stereocenters. The molecule has 0 aliphatic heterocycles. The summed E-state index contributed by atoms with van der Waals surface area (Å²) in [7, 11) is 3.15. The number of carbonyl (C=O) groups is 1. The Labute approximate surface area is 160 Å². The standard InChI is InChI=1S/C22H24N2O3/c1-4-13-24(20-11-9-16-7-5-6-8-18(16)20)15-22(25)23-19-14-17(26-2)10-12-21(19)27-3/h1,5-8,10,12,14,20H,9,11,13,15H2,2-3H3,(H,23,25)/t20-/m0/s1. The summed E-state index contributed by atoms with van der Waals surface area (Å²) in [5, 5.41) is 2.92. The molecular formula is C22H24N2O3. The van der Waals surface area contributed by atoms with E-state index in [2.05, 4.69) is 29.4 Å². The van der Waals surface area contributed by atoms with Crippen LogP contribution in [0.2, 0.25) is 0 Å². The van der Waals surface area contributed by atoms with Gasteiger partial charge in [-0.15, -0.1) is 6.42 Å². The number of carbonyl (C=O) groups excluding carboxylic acids is 1. The van der Waals surface area contributed by atoms with Crippen LogP contribution in [0.3, 0.4) is 0 Å². The number of aryl methyl sites for hydroxylation is 1. The van der Waals surface area contributed by atoms with E-state index in [-0.39, 0.29) is 18.5 Å². The average molecular weight is 364 g/mol. The van der Waals surface area contributed by atoms with Crippen LogP contribution < -0.4 is 14.8 Å². The van der Waals surface area contributed by atoms with Crippen LogP contribution in [-0.4, -0.2) is 38.1 Å². The van der Waals surface area contributed by atoms with Crippen molar-refractivity contribution < 1.29 is 14.3 Å². The number of benzene rings is 2. The van der Waals surface area contributed by atoms with Gasteiger partial charge in [-0.2, -0.15) is 0 Å². The molecule has 0 radical (unpaired) electrons. The summed E-state index contributed by atoms with van der Waals surface area (Å²) >= 11 is 0. The maximum absolute atomic E-state index is 12.7. The van der Waals surface area contributed by atoms with E-state index in [4.69, 9.17) is 15.9 Å². The molecule has 140 valence electrons. The fraction of sp³-hybridized carbons (Fsp3) is 0.318. The molecule has 3 rings (SSSR count). The van der Waals surface area contributed by atoms with Gasteiger partial charge < -0.3 is 14.8 Å². The highest BCUT2D eigenvalue weighted by atomic mass is 16.5. The summed E-state index contributed by atoms with van der Waals surface area (Å²) in [4.78, 5) is 14.8. The predicted octanol–water partition coefficient (Wildman–Crippen LogP) is 3.27. The van der Waals surface area contributed by atoms with Crippen molar-refractivity contribution in [2.75, 3.05) is 32.6 Å². The molecule has 0 spiro atoms. The summed E-state index contributed by atoms with van der Waals surface area (Å²) in [5.74, 6) is 3.78. The number of nitrogens with one attached hydrogen (secondary N) is 1. The summed E-state index contributed by atoms with van der Waals surface area (Å²) in [6, 6.07) is 13.8. The third-order valence-corrected chi connectivity index (χ3v) is 4.86. The Morgan fingerprint density at radius 2 is 2.07 bits per heavy atom. The molecule has 0 bridgehead atoms. The Kier molecular flexibility index (Phi) is 6.00. The first kappa shape index (κ1) is 18.8. The number of fused-ring (bicyclic) bond motifs is 1. The molecule has 2 aromatic carbocycles. The van der Waals surface area contributed by atoms with Crippen molar-refractivity contribution in [2.45, 2.75) is 18.9 Å². The molecule has 0 fully saturated rings. The molecule has 0 aromatic heterocycles. The number of anilines is 1. The van der Waals surface area contributed by atoms with Gasteiger partial charge >= 0.3 is 0 Å². The number of methoxy groups -OCH3 is 2. The van der Waals surface area contributed by atoms with E-state index in [9.17, 15) is 4.79 Å². The van der Waals surface area contributed by atoms with Gasteiger partial charge in [-0.25, -0.2) is 0 Å². The number of nitrogens with zero attached hydrogens (tertiary/aromatic N) is 1. The second-order valence-electron chi connectivity index (χ2n) is 6.48. The molecule has 5 nitrogen and oxygen atoms in total. The second kappa shape index (κ2) is 8.61. The van der Waals surface area contributed by atoms with Crippen LogP contribution in [0.25, 0.3) is 0 Å². The smallest absolute Gasteiger partial charge is 0.238 e. The van der Waals surface area contributed by atoms with Crippen LogP contribution in [0.4, 0.5) is 5.69 Å². The number of hydrogen-bond acceptors (Lipinski definition) is 4. The van der Waals surface area contributed by atoms with Crippen molar-refractivity contribution in [3.8, 4) is 23.8 Å². The van der Waals surface area contributed by atoms with Crippen molar-refractivity contribution in [1.82, 2.24) is 4.90 Å². The van der Waals surface area contributed by atoms with Crippen LogP contribution in [0.1, 0.15) is 23.6 Å². The molecule has 0 saturated heterocycles. The maximum atomic E-state index is 12.7. The maximum Gasteiger partial charge on any atom is 0.238 e. The van der Waals surface area contributed by atoms with E-state index in [1.807, 2.05) is 11.0 Å². The quantitative estimate of drug-likeness (QED) is 0.766. The van der Waals surface area contributed by atoms with Gasteiger partial charge in [0.1, 0.15) is 11.5 Å². The van der Waals surface area contributed by atoms with Crippen molar-refractivity contribution in [2.24, 2.45) is 0 Å². The van der Waals surface area contributed by atoms with Gasteiger partial charge in [0.15, 0.2) is 0 Å². The largest absolute Gasteiger partial charge is 0.497 e. The molecule has 27 heavy (non-hydrogen) atoms. The average Bonchev–Trinajstić information content (AvgIpc) is 3.11. The van der Waals surface area contributed by atoms with E-state index < -0.39 is 0 Å². The van der Waals surface area contributed by atoms with E-state index in [1.165, 1.54) is 11.1 Å². The van der Waals surface area contributed by atoms with Crippen molar-refractivity contribution >= 4 is 11.6 Å². The lowest BCUT2D eigenvalue weighted by Crippen LogP contribution is -2.36. The Bertz CT molecular complexity index is 857. The SMILES string of the molecule is C#CCN(CC(=O)Nc1cc(OC)ccc1OC)[C@H]1CCc2ccccc21. The summed E-state index contributed by atoms with van der Waals surface area (Å²) in [5.41, 5.74) is 3.17. The summed E-state index contributed by atoms with van der Waals surface area (Å²) in [6.07, 6.45) is 7.55. The van der Waals surface area contributed by atoms with Gasteiger partial charge in [-0.1, -0.05) is 30.2 Å². The zero-order valence-electron chi connectivity index (χ0n) is 15.7. The third-order valence-electron chi connectivity index (χ3n) is 4.86. The first-order valence-corrected chi connectivity index (χ1v) is 8.93. The van der Waals surface area contributed by atoms with Gasteiger partial charge in [0.2, 0.25) is 5.91 Å². The molecule has 1 amide bonds. The number of amides is 1. The number of terminal acetylenes is 1. The Balaban J connectivity index is 1.74. The molecular weight excluding hydrogens is 340 g/mol. The molecule has 1 N–H and O–H groups in total. The molecule has 0 heterocycles. The van der Waals surface area contributed by atoms with Crippen LogP contribution in [0.5, 0.6) is 11.5 Å². The van der Waals surface area contributed by atoms with Crippen LogP contribution in [0.15, 0.2) is 42.5 Å². The van der Waals surface area contributed by atoms with Crippen molar-refractivity contribution in [1.29, 1.82) is 0 Å². The van der Waals surface area contributed by atoms with Gasteiger partial charge in [-0.05, 0) is 36.1 Å². The van der Waals surface area contributed by atoms with Crippen LogP contribution in [-0.2, 0) is 11.2 Å². The minimum atomic E-state index is -0.138. The third kappa shape index (κ3) is 4.24. The Morgan fingerprint density at radius 1 is 1.26 bits per heavy atom. The van der Waals surface area contributed by atoms with E-state index in [1.54, 1.807) is 32.4 Å². The minimum Gasteiger partial charge on any atom is -0.497 e. The molecule has 2 aromatic rings. The highest BCUT2D eigenvalue weighted by molar-refractivity contribution is 5.94. The van der Waals surface area contributed by atoms with Gasteiger partial charge in [0.25, 0.3) is 0 Å². The van der Waals surface area contributed by atoms with Crippen molar-refractivity contribution in [3.63, 3.8) is 0 Å². The van der Waals surface area contributed by atoms with E-state index in [0.29, 0.717) is 23.7 Å². The Morgan fingerprint density at radius 3 is 2.81 bits per heavy atom. The molecule has 1 aliphatic carbocycles. The lowest BCUT2D eigenvalue weighted by molar-refractivity contribution is -0.117. The summed E-state index contributed by atoms with van der Waals surface area (Å²) in [6.45, 7) is 0.630. The highest BCUT2D eigenvalue weighted by Crippen LogP contribution is 2.35.